The molecule has 0 fully saturated rings. The molecule has 0 atom stereocenters. The van der Waals surface area contributed by atoms with Crippen LogP contribution >= 0.6 is 0 Å². The summed E-state index contributed by atoms with van der Waals surface area (Å²) in [7, 11) is 0. The summed E-state index contributed by atoms with van der Waals surface area (Å²) in [6, 6.07) is 10.9. The zero-order valence-corrected chi connectivity index (χ0v) is 6.39. The van der Waals surface area contributed by atoms with Crippen LogP contribution in [0.25, 0.3) is 6.08 Å². The van der Waals surface area contributed by atoms with Crippen molar-refractivity contribution in [1.82, 2.24) is 0 Å². The van der Waals surface area contributed by atoms with Crippen LogP contribution in [0.15, 0.2) is 29.8 Å². The first-order valence-corrected chi connectivity index (χ1v) is 3.40. The van der Waals surface area contributed by atoms with Crippen molar-refractivity contribution in [2.24, 2.45) is 0 Å². The van der Waals surface area contributed by atoms with Gasteiger partial charge in [-0.2, -0.15) is 0 Å². The second-order valence-electron chi connectivity index (χ2n) is 2.56. The van der Waals surface area contributed by atoms with Gasteiger partial charge in [0.15, 0.2) is 0 Å². The zero-order valence-electron chi connectivity index (χ0n) is 6.39. The Balaban J connectivity index is 2.87. The topological polar surface area (TPSA) is 0 Å². The van der Waals surface area contributed by atoms with E-state index in [1.165, 1.54) is 11.1 Å². The molecule has 0 aliphatic rings. The molecule has 51 valence electrons. The van der Waals surface area contributed by atoms with E-state index in [4.69, 9.17) is 0 Å². The van der Waals surface area contributed by atoms with Gasteiger partial charge in [-0.3, -0.25) is 0 Å². The fraction of sp³-hybridized carbons (Fsp3) is 0.200. The molecule has 0 saturated heterocycles. The Labute approximate surface area is 62.2 Å². The predicted molar refractivity (Wildman–Crippen MR) is 44.6 cm³/mol. The number of hydrogen-bond acceptors (Lipinski definition) is 0. The molecule has 10 heavy (non-hydrogen) atoms. The van der Waals surface area contributed by atoms with Crippen molar-refractivity contribution in [3.05, 3.63) is 41.5 Å². The van der Waals surface area contributed by atoms with Gasteiger partial charge in [0.05, 0.1) is 0 Å². The molecule has 1 aromatic carbocycles. The van der Waals surface area contributed by atoms with Crippen LogP contribution in [0.5, 0.6) is 0 Å². The summed E-state index contributed by atoms with van der Waals surface area (Å²) >= 11 is 0. The third kappa shape index (κ3) is 2.06. The largest absolute Gasteiger partial charge is 0.0758 e. The van der Waals surface area contributed by atoms with Crippen LogP contribution in [-0.2, 0) is 0 Å². The Morgan fingerprint density at radius 2 is 1.90 bits per heavy atom. The van der Waals surface area contributed by atoms with E-state index in [1.54, 1.807) is 0 Å². The lowest BCUT2D eigenvalue weighted by Crippen LogP contribution is -1.69. The van der Waals surface area contributed by atoms with Gasteiger partial charge in [0.2, 0.25) is 0 Å². The molecule has 0 amide bonds. The molecule has 0 saturated carbocycles. The Kier molecular flexibility index (Phi) is 2.27. The van der Waals surface area contributed by atoms with Crippen molar-refractivity contribution in [3.63, 3.8) is 0 Å². The lowest BCUT2D eigenvalue weighted by molar-refractivity contribution is 1.42. The average molecular weight is 131 g/mol. The first-order chi connectivity index (χ1) is 4.79. The molecule has 0 unspecified atom stereocenters. The first kappa shape index (κ1) is 7.07. The molecule has 1 radical (unpaired) electrons. The van der Waals surface area contributed by atoms with Crippen LogP contribution in [0.2, 0.25) is 0 Å². The van der Waals surface area contributed by atoms with Crippen molar-refractivity contribution in [1.29, 1.82) is 0 Å². The van der Waals surface area contributed by atoms with Gasteiger partial charge in [-0.05, 0) is 25.5 Å². The average Bonchev–Trinajstić information content (AvgIpc) is 1.88. The van der Waals surface area contributed by atoms with Crippen LogP contribution in [-0.4, -0.2) is 0 Å². The molecule has 0 aliphatic heterocycles. The third-order valence-corrected chi connectivity index (χ3v) is 1.20. The number of hydrogen-bond donors (Lipinski definition) is 0. The lowest BCUT2D eigenvalue weighted by atomic mass is 10.2. The van der Waals surface area contributed by atoms with Gasteiger partial charge < -0.3 is 0 Å². The van der Waals surface area contributed by atoms with E-state index in [1.807, 2.05) is 24.3 Å². The van der Waals surface area contributed by atoms with Gasteiger partial charge in [0, 0.05) is 0 Å². The van der Waals surface area contributed by atoms with Crippen LogP contribution < -0.4 is 0 Å². The maximum Gasteiger partial charge on any atom is -0.0184 e. The molecule has 0 aromatic heterocycles. The molecule has 0 heterocycles. The van der Waals surface area contributed by atoms with Crippen LogP contribution in [0.1, 0.15) is 19.4 Å². The predicted octanol–water partition coefficient (Wildman–Crippen LogP) is 2.91. The summed E-state index contributed by atoms with van der Waals surface area (Å²) in [4.78, 5) is 0. The number of rotatable bonds is 1. The Morgan fingerprint density at radius 3 is 2.40 bits per heavy atom. The normalized spacial score (nSPS) is 9.00. The fourth-order valence-electron chi connectivity index (χ4n) is 0.829. The van der Waals surface area contributed by atoms with Gasteiger partial charge >= 0.3 is 0 Å². The number of allylic oxidation sites excluding steroid dienone is 1. The minimum Gasteiger partial charge on any atom is -0.0758 e. The maximum atomic E-state index is 2.98. The number of benzene rings is 1. The summed E-state index contributed by atoms with van der Waals surface area (Å²) in [6.45, 7) is 4.19. The van der Waals surface area contributed by atoms with Gasteiger partial charge in [-0.25, -0.2) is 0 Å². The smallest absolute Gasteiger partial charge is 0.0184 e. The highest BCUT2D eigenvalue weighted by Gasteiger charge is 1.82. The minimum atomic E-state index is 1.25. The molecular formula is C10H11. The van der Waals surface area contributed by atoms with E-state index >= 15 is 0 Å². The van der Waals surface area contributed by atoms with E-state index in [0.29, 0.717) is 0 Å². The quantitative estimate of drug-likeness (QED) is 0.549. The SMILES string of the molecule is CC(C)=Cc1cc[c]cc1. The molecular weight excluding hydrogens is 120 g/mol. The minimum absolute atomic E-state index is 1.25. The highest BCUT2D eigenvalue weighted by atomic mass is 13.9. The molecule has 1 aromatic rings. The van der Waals surface area contributed by atoms with Gasteiger partial charge in [-0.15, -0.1) is 0 Å². The van der Waals surface area contributed by atoms with Gasteiger partial charge in [0.1, 0.15) is 0 Å². The van der Waals surface area contributed by atoms with Gasteiger partial charge in [0.25, 0.3) is 0 Å². The molecule has 0 aliphatic carbocycles. The van der Waals surface area contributed by atoms with Crippen molar-refractivity contribution in [2.75, 3.05) is 0 Å². The standard InChI is InChI=1S/C10H11/c1-9(2)8-10-6-4-3-5-7-10/h4-8H,1-2H3. The fourth-order valence-corrected chi connectivity index (χ4v) is 0.829. The van der Waals surface area contributed by atoms with Crippen LogP contribution in [0.4, 0.5) is 0 Å². The summed E-state index contributed by atoms with van der Waals surface area (Å²) < 4.78 is 0. The molecule has 0 N–H and O–H groups in total. The Hall–Kier alpha value is -1.04. The van der Waals surface area contributed by atoms with E-state index < -0.39 is 0 Å². The van der Waals surface area contributed by atoms with E-state index in [-0.39, 0.29) is 0 Å². The highest BCUT2D eigenvalue weighted by molar-refractivity contribution is 5.51. The van der Waals surface area contributed by atoms with E-state index in [9.17, 15) is 0 Å². The summed E-state index contributed by atoms with van der Waals surface area (Å²) in [5, 5.41) is 0. The van der Waals surface area contributed by atoms with Crippen LogP contribution in [0.3, 0.4) is 0 Å². The lowest BCUT2D eigenvalue weighted by Gasteiger charge is -1.91. The summed E-state index contributed by atoms with van der Waals surface area (Å²) in [5.74, 6) is 0. The van der Waals surface area contributed by atoms with Gasteiger partial charge in [-0.1, -0.05) is 35.9 Å². The molecule has 0 nitrogen and oxygen atoms in total. The van der Waals surface area contributed by atoms with Crippen molar-refractivity contribution < 1.29 is 0 Å². The maximum absolute atomic E-state index is 2.98. The monoisotopic (exact) mass is 131 g/mol. The van der Waals surface area contributed by atoms with E-state index in [2.05, 4.69) is 26.0 Å². The highest BCUT2D eigenvalue weighted by Crippen LogP contribution is 2.03. The van der Waals surface area contributed by atoms with Crippen LogP contribution in [0, 0.1) is 6.07 Å². The summed E-state index contributed by atoms with van der Waals surface area (Å²) in [5.41, 5.74) is 2.57. The molecule has 1 rings (SSSR count). The molecule has 0 heteroatoms. The van der Waals surface area contributed by atoms with E-state index in [0.717, 1.165) is 0 Å². The summed E-state index contributed by atoms with van der Waals surface area (Å²) in [6.07, 6.45) is 2.15. The Bertz CT molecular complexity index is 215. The third-order valence-electron chi connectivity index (χ3n) is 1.20. The van der Waals surface area contributed by atoms with Crippen molar-refractivity contribution in [2.45, 2.75) is 13.8 Å². The second kappa shape index (κ2) is 3.21. The zero-order chi connectivity index (χ0) is 7.40. The second-order valence-corrected chi connectivity index (χ2v) is 2.56. The first-order valence-electron chi connectivity index (χ1n) is 3.40. The Morgan fingerprint density at radius 1 is 1.30 bits per heavy atom. The molecule has 0 spiro atoms. The molecule has 0 bridgehead atoms. The van der Waals surface area contributed by atoms with Crippen molar-refractivity contribution in [3.8, 4) is 0 Å². The van der Waals surface area contributed by atoms with Crippen molar-refractivity contribution >= 4 is 6.08 Å².